The number of hydrogen-bond donors (Lipinski definition) is 2. The highest BCUT2D eigenvalue weighted by Gasteiger charge is 2.64. The predicted molar refractivity (Wildman–Crippen MR) is 146 cm³/mol. The Labute approximate surface area is 236 Å². The molecule has 1 saturated heterocycles. The maximum atomic E-state index is 13.8. The molecule has 11 heteroatoms. The Balaban J connectivity index is 1.29. The van der Waals surface area contributed by atoms with Gasteiger partial charge in [-0.05, 0) is 89.2 Å². The number of carbonyl (C=O) groups excluding carboxylic acids is 1. The van der Waals surface area contributed by atoms with E-state index in [1.807, 2.05) is 20.3 Å². The average Bonchev–Trinajstić information content (AvgIpc) is 3.19. The van der Waals surface area contributed by atoms with E-state index >= 15 is 0 Å². The summed E-state index contributed by atoms with van der Waals surface area (Å²) in [6, 6.07) is 2.63. The number of β-amino-alcohol motifs (C(OH)–C–C–N with tert-alkyl or cyclic N) is 1. The van der Waals surface area contributed by atoms with Crippen molar-refractivity contribution in [2.75, 3.05) is 39.0 Å². The molecule has 5 rings (SSSR count). The summed E-state index contributed by atoms with van der Waals surface area (Å²) >= 11 is 1.74. The Morgan fingerprint density at radius 3 is 2.77 bits per heavy atom. The van der Waals surface area contributed by atoms with E-state index in [0.717, 1.165) is 69.2 Å². The lowest BCUT2D eigenvalue weighted by Gasteiger charge is -2.25. The maximum absolute atomic E-state index is 13.8. The SMILES string of the molecule is CN(C)Cc1ncc([C@]23CCC(C(CCCCN4CC[C@@H](O)C4)C(=O)Nc4ccc(F)c(C(F)(F)F)c4)[C@H]2C3)s1. The summed E-state index contributed by atoms with van der Waals surface area (Å²) in [6.07, 6.45) is 2.87. The second kappa shape index (κ2) is 11.7. The molecule has 2 saturated carbocycles. The number of thiazole rings is 1. The first-order valence-electron chi connectivity index (χ1n) is 14.1. The van der Waals surface area contributed by atoms with Gasteiger partial charge in [0, 0.05) is 47.7 Å². The highest BCUT2D eigenvalue weighted by Crippen LogP contribution is 2.69. The van der Waals surface area contributed by atoms with Crippen molar-refractivity contribution >= 4 is 22.9 Å². The highest BCUT2D eigenvalue weighted by molar-refractivity contribution is 7.11. The normalized spacial score (nSPS) is 27.2. The summed E-state index contributed by atoms with van der Waals surface area (Å²) in [5.74, 6) is -1.50. The van der Waals surface area contributed by atoms with Crippen LogP contribution in [-0.2, 0) is 22.9 Å². The Bertz CT molecular complexity index is 1200. The lowest BCUT2D eigenvalue weighted by molar-refractivity contribution is -0.140. The van der Waals surface area contributed by atoms with Gasteiger partial charge in [0.05, 0.1) is 11.7 Å². The van der Waals surface area contributed by atoms with Gasteiger partial charge in [0.25, 0.3) is 0 Å². The van der Waals surface area contributed by atoms with Crippen LogP contribution in [0, 0.1) is 23.6 Å². The van der Waals surface area contributed by atoms with Gasteiger partial charge in [-0.2, -0.15) is 13.2 Å². The fourth-order valence-electron chi connectivity index (χ4n) is 6.89. The Hall–Kier alpha value is -2.08. The molecule has 1 aromatic heterocycles. The number of anilines is 1. The van der Waals surface area contributed by atoms with E-state index in [1.54, 1.807) is 11.3 Å². The first-order chi connectivity index (χ1) is 19.0. The van der Waals surface area contributed by atoms with E-state index in [0.29, 0.717) is 24.9 Å². The molecule has 1 amide bonds. The van der Waals surface area contributed by atoms with E-state index in [4.69, 9.17) is 0 Å². The lowest BCUT2D eigenvalue weighted by atomic mass is 9.83. The number of aliphatic hydroxyl groups is 1. The summed E-state index contributed by atoms with van der Waals surface area (Å²) < 4.78 is 53.7. The molecule has 0 radical (unpaired) electrons. The minimum absolute atomic E-state index is 0.0365. The molecule has 0 bridgehead atoms. The standard InChI is InChI=1S/C29H38F4N4O2S/c1-36(2)17-26-34-15-25(40-26)28-10-8-20(23(28)14-28)21(5-3-4-11-37-12-9-19(38)16-37)27(39)35-18-6-7-24(30)22(13-18)29(31,32)33/h6-7,13,15,19-21,23,38H,3-5,8-12,14,16-17H2,1-2H3,(H,35,39)/t19-,20?,21?,23-,28+/m1/s1. The van der Waals surface area contributed by atoms with Crippen molar-refractivity contribution in [2.45, 2.75) is 69.2 Å². The van der Waals surface area contributed by atoms with Crippen LogP contribution < -0.4 is 5.32 Å². The number of aromatic nitrogens is 1. The number of benzene rings is 1. The maximum Gasteiger partial charge on any atom is 0.419 e. The summed E-state index contributed by atoms with van der Waals surface area (Å²) in [4.78, 5) is 23.8. The van der Waals surface area contributed by atoms with Gasteiger partial charge in [-0.25, -0.2) is 9.37 Å². The van der Waals surface area contributed by atoms with Crippen molar-refractivity contribution in [1.82, 2.24) is 14.8 Å². The molecule has 1 aliphatic heterocycles. The van der Waals surface area contributed by atoms with E-state index in [1.165, 1.54) is 10.9 Å². The molecule has 3 aliphatic rings. The number of fused-ring (bicyclic) bond motifs is 1. The van der Waals surface area contributed by atoms with E-state index in [2.05, 4.69) is 20.1 Å². The van der Waals surface area contributed by atoms with Gasteiger partial charge in [-0.15, -0.1) is 11.3 Å². The molecule has 1 aromatic carbocycles. The number of unbranched alkanes of at least 4 members (excludes halogenated alkanes) is 1. The molecule has 2 heterocycles. The molecule has 2 unspecified atom stereocenters. The van der Waals surface area contributed by atoms with Crippen molar-refractivity contribution in [1.29, 1.82) is 0 Å². The molecular weight excluding hydrogens is 544 g/mol. The smallest absolute Gasteiger partial charge is 0.392 e. The van der Waals surface area contributed by atoms with Gasteiger partial charge in [0.1, 0.15) is 10.8 Å². The number of likely N-dealkylation sites (tertiary alicyclic amines) is 1. The van der Waals surface area contributed by atoms with E-state index < -0.39 is 17.6 Å². The minimum atomic E-state index is -4.84. The number of amides is 1. The van der Waals surface area contributed by atoms with Crippen LogP contribution in [0.4, 0.5) is 23.2 Å². The summed E-state index contributed by atoms with van der Waals surface area (Å²) in [6.45, 7) is 3.18. The van der Waals surface area contributed by atoms with Crippen molar-refractivity contribution in [2.24, 2.45) is 17.8 Å². The van der Waals surface area contributed by atoms with Crippen LogP contribution in [-0.4, -0.2) is 65.6 Å². The molecule has 40 heavy (non-hydrogen) atoms. The molecule has 2 aliphatic carbocycles. The van der Waals surface area contributed by atoms with Gasteiger partial charge in [-0.1, -0.05) is 6.42 Å². The fraction of sp³-hybridized carbons (Fsp3) is 0.655. The molecule has 2 aromatic rings. The Kier molecular flexibility index (Phi) is 8.57. The van der Waals surface area contributed by atoms with Crippen LogP contribution in [0.5, 0.6) is 0 Å². The zero-order valence-electron chi connectivity index (χ0n) is 23.0. The van der Waals surface area contributed by atoms with E-state index in [-0.39, 0.29) is 34.9 Å². The third-order valence-corrected chi connectivity index (χ3v) is 10.2. The van der Waals surface area contributed by atoms with Gasteiger partial charge in [0.2, 0.25) is 5.91 Å². The Morgan fingerprint density at radius 2 is 2.10 bits per heavy atom. The summed E-state index contributed by atoms with van der Waals surface area (Å²) in [5.41, 5.74) is -1.36. The number of halogens is 4. The summed E-state index contributed by atoms with van der Waals surface area (Å²) in [7, 11) is 4.03. The third kappa shape index (κ3) is 6.37. The Morgan fingerprint density at radius 1 is 1.30 bits per heavy atom. The first-order valence-corrected chi connectivity index (χ1v) is 15.0. The molecule has 6 nitrogen and oxygen atoms in total. The fourth-order valence-corrected chi connectivity index (χ4v) is 8.22. The third-order valence-electron chi connectivity index (χ3n) is 8.95. The van der Waals surface area contributed by atoms with Crippen LogP contribution in [0.2, 0.25) is 0 Å². The highest BCUT2D eigenvalue weighted by atomic mass is 32.1. The predicted octanol–water partition coefficient (Wildman–Crippen LogP) is 5.52. The zero-order chi connectivity index (χ0) is 28.7. The van der Waals surface area contributed by atoms with Crippen LogP contribution >= 0.6 is 11.3 Å². The second-order valence-corrected chi connectivity index (χ2v) is 13.2. The number of hydrogen-bond acceptors (Lipinski definition) is 6. The number of rotatable bonds is 11. The molecule has 2 N–H and O–H groups in total. The minimum Gasteiger partial charge on any atom is -0.392 e. The number of nitrogens with one attached hydrogen (secondary N) is 1. The van der Waals surface area contributed by atoms with Crippen molar-refractivity contribution in [3.8, 4) is 0 Å². The number of aliphatic hydroxyl groups excluding tert-OH is 1. The van der Waals surface area contributed by atoms with Gasteiger partial charge < -0.3 is 20.2 Å². The van der Waals surface area contributed by atoms with Crippen LogP contribution in [0.1, 0.15) is 60.4 Å². The number of alkyl halides is 3. The summed E-state index contributed by atoms with van der Waals surface area (Å²) in [5, 5.41) is 13.6. The first kappa shape index (κ1) is 29.4. The molecule has 5 atom stereocenters. The van der Waals surface area contributed by atoms with Crippen molar-refractivity contribution in [3.63, 3.8) is 0 Å². The topological polar surface area (TPSA) is 68.7 Å². The van der Waals surface area contributed by atoms with Gasteiger partial charge >= 0.3 is 6.18 Å². The van der Waals surface area contributed by atoms with Crippen LogP contribution in [0.25, 0.3) is 0 Å². The second-order valence-electron chi connectivity index (χ2n) is 12.1. The largest absolute Gasteiger partial charge is 0.419 e. The molecule has 0 spiro atoms. The average molecular weight is 583 g/mol. The van der Waals surface area contributed by atoms with Gasteiger partial charge in [-0.3, -0.25) is 4.79 Å². The van der Waals surface area contributed by atoms with Gasteiger partial charge in [0.15, 0.2) is 0 Å². The molecular formula is C29H38F4N4O2S. The quantitative estimate of drug-likeness (QED) is 0.270. The monoisotopic (exact) mass is 582 g/mol. The lowest BCUT2D eigenvalue weighted by Crippen LogP contribution is -2.30. The zero-order valence-corrected chi connectivity index (χ0v) is 23.8. The number of carbonyl (C=O) groups is 1. The van der Waals surface area contributed by atoms with Crippen molar-refractivity contribution < 1.29 is 27.5 Å². The van der Waals surface area contributed by atoms with E-state index in [9.17, 15) is 27.5 Å². The number of nitrogens with zero attached hydrogens (tertiary/aromatic N) is 3. The molecule has 3 fully saturated rings. The van der Waals surface area contributed by atoms with Crippen LogP contribution in [0.3, 0.4) is 0 Å². The van der Waals surface area contributed by atoms with Crippen LogP contribution in [0.15, 0.2) is 24.4 Å². The molecule has 220 valence electrons. The van der Waals surface area contributed by atoms with Crippen molar-refractivity contribution in [3.05, 3.63) is 45.7 Å².